The zero-order valence-corrected chi connectivity index (χ0v) is 10.2. The van der Waals surface area contributed by atoms with Crippen LogP contribution in [0.15, 0.2) is 0 Å². The molecule has 1 aromatic heterocycles. The summed E-state index contributed by atoms with van der Waals surface area (Å²) in [5, 5.41) is 9.72. The fraction of sp³-hybridized carbons (Fsp3) is 0.667. The largest absolute Gasteiger partial charge is 0.395 e. The molecule has 1 aliphatic carbocycles. The number of nitrogen functional groups attached to an aromatic ring is 1. The summed E-state index contributed by atoms with van der Waals surface area (Å²) in [7, 11) is 0. The molecule has 0 bridgehead atoms. The van der Waals surface area contributed by atoms with Crippen LogP contribution in [0, 0.1) is 0 Å². The van der Waals surface area contributed by atoms with Gasteiger partial charge in [-0.05, 0) is 25.7 Å². The van der Waals surface area contributed by atoms with Crippen molar-refractivity contribution in [3.63, 3.8) is 0 Å². The summed E-state index contributed by atoms with van der Waals surface area (Å²) in [6, 6.07) is 0. The van der Waals surface area contributed by atoms with Crippen LogP contribution in [-0.2, 0) is 4.74 Å². The molecule has 1 aliphatic heterocycles. The quantitative estimate of drug-likeness (QED) is 0.736. The number of nitrogens with zero attached hydrogens (tertiary/aromatic N) is 1. The van der Waals surface area contributed by atoms with Gasteiger partial charge in [0.2, 0.25) is 0 Å². The van der Waals surface area contributed by atoms with Crippen LogP contribution >= 0.6 is 0 Å². The van der Waals surface area contributed by atoms with Crippen molar-refractivity contribution >= 4 is 11.6 Å². The van der Waals surface area contributed by atoms with Crippen LogP contribution in [0.2, 0.25) is 0 Å². The summed E-state index contributed by atoms with van der Waals surface area (Å²) in [5.74, 6) is 0.253. The van der Waals surface area contributed by atoms with Gasteiger partial charge in [-0.3, -0.25) is 9.89 Å². The van der Waals surface area contributed by atoms with Crippen LogP contribution in [0.4, 0.5) is 5.69 Å². The monoisotopic (exact) mass is 250 g/mol. The van der Waals surface area contributed by atoms with E-state index in [9.17, 15) is 4.79 Å². The Balaban J connectivity index is 1.60. The fourth-order valence-electron chi connectivity index (χ4n) is 2.32. The number of aromatic nitrogens is 2. The molecule has 6 heteroatoms. The van der Waals surface area contributed by atoms with Gasteiger partial charge >= 0.3 is 0 Å². The summed E-state index contributed by atoms with van der Waals surface area (Å²) in [6.45, 7) is 1.32. The molecule has 98 valence electrons. The highest BCUT2D eigenvalue weighted by molar-refractivity contribution is 5.97. The molecular weight excluding hydrogens is 232 g/mol. The van der Waals surface area contributed by atoms with Gasteiger partial charge in [-0.2, -0.15) is 5.10 Å². The maximum Gasteiger partial charge on any atom is 0.274 e. The van der Waals surface area contributed by atoms with Crippen LogP contribution in [0.5, 0.6) is 0 Å². The highest BCUT2D eigenvalue weighted by atomic mass is 16.5. The van der Waals surface area contributed by atoms with Crippen molar-refractivity contribution in [2.75, 3.05) is 18.9 Å². The van der Waals surface area contributed by atoms with Crippen LogP contribution in [0.1, 0.15) is 47.8 Å². The van der Waals surface area contributed by atoms with Crippen molar-refractivity contribution in [3.8, 4) is 0 Å². The number of anilines is 1. The Morgan fingerprint density at radius 2 is 2.33 bits per heavy atom. The predicted molar refractivity (Wildman–Crippen MR) is 66.3 cm³/mol. The molecule has 1 saturated heterocycles. The SMILES string of the molecule is Nc1c(C(=O)NCC2CCCO2)n[nH]c1C1CC1. The average molecular weight is 250 g/mol. The number of hydrogen-bond donors (Lipinski definition) is 3. The molecule has 2 fully saturated rings. The number of H-pyrrole nitrogens is 1. The lowest BCUT2D eigenvalue weighted by molar-refractivity contribution is 0.0854. The number of amides is 1. The minimum atomic E-state index is -0.217. The molecule has 0 aromatic carbocycles. The lowest BCUT2D eigenvalue weighted by Crippen LogP contribution is -2.32. The first-order chi connectivity index (χ1) is 8.75. The molecule has 0 radical (unpaired) electrons. The Morgan fingerprint density at radius 3 is 3.00 bits per heavy atom. The van der Waals surface area contributed by atoms with Crippen LogP contribution < -0.4 is 11.1 Å². The Morgan fingerprint density at radius 1 is 1.50 bits per heavy atom. The molecule has 2 heterocycles. The molecule has 3 rings (SSSR count). The smallest absolute Gasteiger partial charge is 0.274 e. The lowest BCUT2D eigenvalue weighted by atomic mass is 10.2. The molecule has 1 aromatic rings. The van der Waals surface area contributed by atoms with E-state index in [1.54, 1.807) is 0 Å². The predicted octanol–water partition coefficient (Wildman–Crippen LogP) is 0.778. The van der Waals surface area contributed by atoms with E-state index in [1.807, 2.05) is 0 Å². The number of hydrogen-bond acceptors (Lipinski definition) is 4. The van der Waals surface area contributed by atoms with E-state index < -0.39 is 0 Å². The highest BCUT2D eigenvalue weighted by Crippen LogP contribution is 2.42. The average Bonchev–Trinajstić information content (AvgIpc) is 2.93. The second kappa shape index (κ2) is 4.61. The second-order valence-corrected chi connectivity index (χ2v) is 5.02. The lowest BCUT2D eigenvalue weighted by Gasteiger charge is -2.09. The molecule has 6 nitrogen and oxygen atoms in total. The maximum absolute atomic E-state index is 11.9. The maximum atomic E-state index is 11.9. The number of nitrogens with two attached hydrogens (primary N) is 1. The number of rotatable bonds is 4. The van der Waals surface area contributed by atoms with Crippen molar-refractivity contribution in [1.29, 1.82) is 0 Å². The van der Waals surface area contributed by atoms with E-state index in [2.05, 4.69) is 15.5 Å². The topological polar surface area (TPSA) is 93.0 Å². The van der Waals surface area contributed by atoms with Gasteiger partial charge < -0.3 is 15.8 Å². The van der Waals surface area contributed by atoms with Gasteiger partial charge in [-0.1, -0.05) is 0 Å². The molecule has 1 atom stereocenters. The van der Waals surface area contributed by atoms with Gasteiger partial charge in [0, 0.05) is 19.1 Å². The van der Waals surface area contributed by atoms with Gasteiger partial charge in [-0.15, -0.1) is 0 Å². The van der Waals surface area contributed by atoms with Crippen LogP contribution in [0.3, 0.4) is 0 Å². The Hall–Kier alpha value is -1.56. The molecular formula is C12H18N4O2. The molecule has 1 amide bonds. The third-order valence-corrected chi connectivity index (χ3v) is 3.55. The van der Waals surface area contributed by atoms with E-state index in [0.29, 0.717) is 23.8 Å². The van der Waals surface area contributed by atoms with Crippen molar-refractivity contribution in [3.05, 3.63) is 11.4 Å². The first kappa shape index (κ1) is 11.5. The van der Waals surface area contributed by atoms with Gasteiger partial charge in [0.25, 0.3) is 5.91 Å². The van der Waals surface area contributed by atoms with Gasteiger partial charge in [0.1, 0.15) is 0 Å². The minimum absolute atomic E-state index is 0.136. The third-order valence-electron chi connectivity index (χ3n) is 3.55. The van der Waals surface area contributed by atoms with Crippen LogP contribution in [-0.4, -0.2) is 35.4 Å². The number of nitrogens with one attached hydrogen (secondary N) is 2. The van der Waals surface area contributed by atoms with Gasteiger partial charge in [0.05, 0.1) is 17.5 Å². The standard InChI is InChI=1S/C12H18N4O2/c13-9-10(7-3-4-7)15-16-11(9)12(17)14-6-8-2-1-5-18-8/h7-8H,1-6,13H2,(H,14,17)(H,15,16). The summed E-state index contributed by atoms with van der Waals surface area (Å²) < 4.78 is 5.45. The first-order valence-corrected chi connectivity index (χ1v) is 6.49. The molecule has 2 aliphatic rings. The number of carbonyl (C=O) groups is 1. The van der Waals surface area contributed by atoms with Crippen molar-refractivity contribution in [2.24, 2.45) is 0 Å². The molecule has 18 heavy (non-hydrogen) atoms. The third kappa shape index (κ3) is 2.20. The summed E-state index contributed by atoms with van der Waals surface area (Å²) in [5.41, 5.74) is 7.67. The minimum Gasteiger partial charge on any atom is -0.395 e. The Kier molecular flexibility index (Phi) is 2.95. The van der Waals surface area contributed by atoms with E-state index in [4.69, 9.17) is 10.5 Å². The van der Waals surface area contributed by atoms with Crippen molar-refractivity contribution < 1.29 is 9.53 Å². The van der Waals surface area contributed by atoms with Crippen molar-refractivity contribution in [2.45, 2.75) is 37.7 Å². The number of aromatic amines is 1. The van der Waals surface area contributed by atoms with Gasteiger partial charge in [-0.25, -0.2) is 0 Å². The summed E-state index contributed by atoms with van der Waals surface area (Å²) in [4.78, 5) is 11.9. The van der Waals surface area contributed by atoms with Crippen molar-refractivity contribution in [1.82, 2.24) is 15.5 Å². The number of carbonyl (C=O) groups excluding carboxylic acids is 1. The van der Waals surface area contributed by atoms with Gasteiger partial charge in [0.15, 0.2) is 5.69 Å². The molecule has 1 unspecified atom stereocenters. The molecule has 0 spiro atoms. The van der Waals surface area contributed by atoms with E-state index in [-0.39, 0.29) is 12.0 Å². The zero-order valence-electron chi connectivity index (χ0n) is 10.2. The molecule has 4 N–H and O–H groups in total. The van der Waals surface area contributed by atoms with E-state index in [1.165, 1.54) is 0 Å². The first-order valence-electron chi connectivity index (χ1n) is 6.49. The van der Waals surface area contributed by atoms with E-state index in [0.717, 1.165) is 38.0 Å². The fourth-order valence-corrected chi connectivity index (χ4v) is 2.32. The summed E-state index contributed by atoms with van der Waals surface area (Å²) >= 11 is 0. The second-order valence-electron chi connectivity index (χ2n) is 5.02. The Labute approximate surface area is 105 Å². The highest BCUT2D eigenvalue weighted by Gasteiger charge is 2.30. The Bertz CT molecular complexity index is 447. The normalized spacial score (nSPS) is 23.2. The van der Waals surface area contributed by atoms with Crippen LogP contribution in [0.25, 0.3) is 0 Å². The summed E-state index contributed by atoms with van der Waals surface area (Å²) in [6.07, 6.45) is 4.46. The molecule has 1 saturated carbocycles. The zero-order chi connectivity index (χ0) is 12.5. The van der Waals surface area contributed by atoms with E-state index >= 15 is 0 Å². The number of ether oxygens (including phenoxy) is 1.